The van der Waals surface area contributed by atoms with Crippen LogP contribution in [-0.4, -0.2) is 18.4 Å². The fraction of sp³-hybridized carbons (Fsp3) is 0.176. The number of halogens is 1. The number of amides is 2. The summed E-state index contributed by atoms with van der Waals surface area (Å²) in [7, 11) is 0. The summed E-state index contributed by atoms with van der Waals surface area (Å²) in [6.45, 7) is 3.20. The second-order valence-electron chi connectivity index (χ2n) is 5.34. The average molecular weight is 331 g/mol. The molecule has 7 heteroatoms. The van der Waals surface area contributed by atoms with E-state index < -0.39 is 24.2 Å². The van der Waals surface area contributed by atoms with Crippen molar-refractivity contribution in [3.8, 4) is 0 Å². The molecule has 6 nitrogen and oxygen atoms in total. The Morgan fingerprint density at radius 3 is 2.42 bits per heavy atom. The monoisotopic (exact) mass is 331 g/mol. The van der Waals surface area contributed by atoms with Gasteiger partial charge in [0, 0.05) is 0 Å². The second-order valence-corrected chi connectivity index (χ2v) is 5.34. The standard InChI is InChI=1S/C17H18FN3O3/c1-10-4-6-14(13(18)7-10)20-15-8-11(2)3-5-12(15)17(23)21-24-9-16(19)22/h3-8,20H,9H2,1-2H3,(H2,19,22)(H,21,23). The molecule has 24 heavy (non-hydrogen) atoms. The molecular formula is C17H18FN3O3. The van der Waals surface area contributed by atoms with E-state index in [9.17, 15) is 14.0 Å². The first-order chi connectivity index (χ1) is 11.4. The van der Waals surface area contributed by atoms with Crippen LogP contribution >= 0.6 is 0 Å². The van der Waals surface area contributed by atoms with Crippen LogP contribution in [0, 0.1) is 19.7 Å². The first-order valence-corrected chi connectivity index (χ1v) is 7.21. The van der Waals surface area contributed by atoms with E-state index in [1.54, 1.807) is 37.3 Å². The fourth-order valence-electron chi connectivity index (χ4n) is 2.05. The van der Waals surface area contributed by atoms with Gasteiger partial charge in [-0.3, -0.25) is 14.4 Å². The summed E-state index contributed by atoms with van der Waals surface area (Å²) in [5, 5.41) is 2.91. The van der Waals surface area contributed by atoms with Crippen molar-refractivity contribution >= 4 is 23.2 Å². The van der Waals surface area contributed by atoms with Gasteiger partial charge in [0.2, 0.25) is 5.91 Å². The van der Waals surface area contributed by atoms with Crippen molar-refractivity contribution in [3.63, 3.8) is 0 Å². The van der Waals surface area contributed by atoms with Gasteiger partial charge in [0.15, 0.2) is 6.61 Å². The molecule has 0 aliphatic rings. The number of hydroxylamine groups is 1. The van der Waals surface area contributed by atoms with Crippen LogP contribution in [0.5, 0.6) is 0 Å². The molecule has 0 atom stereocenters. The highest BCUT2D eigenvalue weighted by molar-refractivity contribution is 6.00. The Balaban J connectivity index is 2.24. The molecule has 0 spiro atoms. The highest BCUT2D eigenvalue weighted by atomic mass is 19.1. The van der Waals surface area contributed by atoms with E-state index in [-0.39, 0.29) is 11.3 Å². The SMILES string of the molecule is Cc1ccc(Nc2cc(C)ccc2C(=O)NOCC(N)=O)c(F)c1. The number of rotatable bonds is 6. The van der Waals surface area contributed by atoms with Gasteiger partial charge in [0.1, 0.15) is 5.82 Å². The summed E-state index contributed by atoms with van der Waals surface area (Å²) in [5.41, 5.74) is 9.64. The van der Waals surface area contributed by atoms with Crippen LogP contribution in [0.2, 0.25) is 0 Å². The van der Waals surface area contributed by atoms with Crippen molar-refractivity contribution < 1.29 is 18.8 Å². The lowest BCUT2D eigenvalue weighted by molar-refractivity contribution is -0.124. The third-order valence-corrected chi connectivity index (χ3v) is 3.19. The first kappa shape index (κ1) is 17.4. The first-order valence-electron chi connectivity index (χ1n) is 7.21. The van der Waals surface area contributed by atoms with Gasteiger partial charge < -0.3 is 11.1 Å². The quantitative estimate of drug-likeness (QED) is 0.708. The number of primary amides is 1. The van der Waals surface area contributed by atoms with E-state index in [1.807, 2.05) is 6.92 Å². The second kappa shape index (κ2) is 7.56. The van der Waals surface area contributed by atoms with Gasteiger partial charge in [-0.25, -0.2) is 9.87 Å². The summed E-state index contributed by atoms with van der Waals surface area (Å²) in [6.07, 6.45) is 0. The van der Waals surface area contributed by atoms with Crippen molar-refractivity contribution in [2.75, 3.05) is 11.9 Å². The Morgan fingerprint density at radius 1 is 1.08 bits per heavy atom. The van der Waals surface area contributed by atoms with Crippen molar-refractivity contribution in [2.24, 2.45) is 5.73 Å². The van der Waals surface area contributed by atoms with Gasteiger partial charge in [-0.1, -0.05) is 12.1 Å². The predicted octanol–water partition coefficient (Wildman–Crippen LogP) is 2.33. The average Bonchev–Trinajstić information content (AvgIpc) is 2.49. The zero-order valence-corrected chi connectivity index (χ0v) is 13.4. The topological polar surface area (TPSA) is 93.4 Å². The summed E-state index contributed by atoms with van der Waals surface area (Å²) < 4.78 is 14.0. The van der Waals surface area contributed by atoms with E-state index in [0.29, 0.717) is 5.69 Å². The maximum atomic E-state index is 14.0. The number of nitrogens with two attached hydrogens (primary N) is 1. The van der Waals surface area contributed by atoms with Crippen molar-refractivity contribution in [1.82, 2.24) is 5.48 Å². The summed E-state index contributed by atoms with van der Waals surface area (Å²) >= 11 is 0. The zero-order valence-electron chi connectivity index (χ0n) is 13.4. The smallest absolute Gasteiger partial charge is 0.276 e. The molecule has 4 N–H and O–H groups in total. The molecule has 0 saturated carbocycles. The van der Waals surface area contributed by atoms with Gasteiger partial charge in [0.25, 0.3) is 5.91 Å². The molecule has 0 aliphatic carbocycles. The van der Waals surface area contributed by atoms with Crippen molar-refractivity contribution in [1.29, 1.82) is 0 Å². The summed E-state index contributed by atoms with van der Waals surface area (Å²) in [4.78, 5) is 27.5. The predicted molar refractivity (Wildman–Crippen MR) is 88.2 cm³/mol. The maximum Gasteiger partial charge on any atom is 0.276 e. The van der Waals surface area contributed by atoms with Crippen molar-refractivity contribution in [3.05, 3.63) is 58.9 Å². The molecule has 0 aliphatic heterocycles. The largest absolute Gasteiger partial charge is 0.368 e. The molecule has 2 aromatic carbocycles. The third kappa shape index (κ3) is 4.53. The lowest BCUT2D eigenvalue weighted by Gasteiger charge is -2.14. The molecular weight excluding hydrogens is 313 g/mol. The van der Waals surface area contributed by atoms with E-state index in [0.717, 1.165) is 11.1 Å². The molecule has 0 saturated heterocycles. The Labute approximate surface area is 138 Å². The van der Waals surface area contributed by atoms with E-state index in [4.69, 9.17) is 10.6 Å². The Kier molecular flexibility index (Phi) is 5.49. The Hall–Kier alpha value is -2.93. The van der Waals surface area contributed by atoms with E-state index in [2.05, 4.69) is 10.8 Å². The van der Waals surface area contributed by atoms with Gasteiger partial charge in [-0.2, -0.15) is 0 Å². The fourth-order valence-corrected chi connectivity index (χ4v) is 2.05. The Morgan fingerprint density at radius 2 is 1.75 bits per heavy atom. The van der Waals surface area contributed by atoms with Crippen LogP contribution in [0.15, 0.2) is 36.4 Å². The van der Waals surface area contributed by atoms with E-state index in [1.165, 1.54) is 6.07 Å². The van der Waals surface area contributed by atoms with Crippen LogP contribution in [-0.2, 0) is 9.63 Å². The van der Waals surface area contributed by atoms with Gasteiger partial charge in [-0.05, 0) is 49.2 Å². The minimum absolute atomic E-state index is 0.241. The molecule has 2 amide bonds. The highest BCUT2D eigenvalue weighted by Crippen LogP contribution is 2.25. The minimum atomic E-state index is -0.709. The van der Waals surface area contributed by atoms with Crippen molar-refractivity contribution in [2.45, 2.75) is 13.8 Å². The molecule has 126 valence electrons. The molecule has 0 bridgehead atoms. The lowest BCUT2D eigenvalue weighted by atomic mass is 10.1. The number of nitrogens with one attached hydrogen (secondary N) is 2. The molecule has 2 rings (SSSR count). The minimum Gasteiger partial charge on any atom is -0.368 e. The third-order valence-electron chi connectivity index (χ3n) is 3.19. The number of carbonyl (C=O) groups is 2. The molecule has 0 radical (unpaired) electrons. The van der Waals surface area contributed by atoms with Crippen LogP contribution in [0.25, 0.3) is 0 Å². The molecule has 0 aromatic heterocycles. The molecule has 0 heterocycles. The number of carbonyl (C=O) groups excluding carboxylic acids is 2. The molecule has 2 aromatic rings. The van der Waals surface area contributed by atoms with Gasteiger partial charge >= 0.3 is 0 Å². The Bertz CT molecular complexity index is 778. The maximum absolute atomic E-state index is 14.0. The van der Waals surface area contributed by atoms with Crippen LogP contribution in [0.1, 0.15) is 21.5 Å². The lowest BCUT2D eigenvalue weighted by Crippen LogP contribution is -2.29. The van der Waals surface area contributed by atoms with Gasteiger partial charge in [0.05, 0.1) is 16.9 Å². The van der Waals surface area contributed by atoms with E-state index >= 15 is 0 Å². The van der Waals surface area contributed by atoms with Crippen LogP contribution in [0.3, 0.4) is 0 Å². The van der Waals surface area contributed by atoms with Crippen LogP contribution < -0.4 is 16.5 Å². The van der Waals surface area contributed by atoms with Gasteiger partial charge in [-0.15, -0.1) is 0 Å². The molecule has 0 fully saturated rings. The summed E-state index contributed by atoms with van der Waals surface area (Å²) in [6, 6.07) is 9.78. The normalized spacial score (nSPS) is 10.3. The summed E-state index contributed by atoms with van der Waals surface area (Å²) in [5.74, 6) is -1.71. The molecule has 0 unspecified atom stereocenters. The number of hydrogen-bond acceptors (Lipinski definition) is 4. The number of aryl methyl sites for hydroxylation is 2. The number of hydrogen-bond donors (Lipinski definition) is 3. The number of anilines is 2. The highest BCUT2D eigenvalue weighted by Gasteiger charge is 2.14. The van der Waals surface area contributed by atoms with Crippen LogP contribution in [0.4, 0.5) is 15.8 Å². The zero-order chi connectivity index (χ0) is 17.7. The number of benzene rings is 2.